The van der Waals surface area contributed by atoms with E-state index in [-0.39, 0.29) is 30.2 Å². The molecule has 2 aromatic carbocycles. The number of hydrogen-bond acceptors (Lipinski definition) is 8. The summed E-state index contributed by atoms with van der Waals surface area (Å²) < 4.78 is 36.5. The summed E-state index contributed by atoms with van der Waals surface area (Å²) >= 11 is 0. The van der Waals surface area contributed by atoms with E-state index >= 15 is 0 Å². The molecule has 2 N–H and O–H groups in total. The number of hydrazone groups is 1. The second-order valence-electron chi connectivity index (χ2n) is 9.44. The summed E-state index contributed by atoms with van der Waals surface area (Å²) in [6.45, 7) is 8.67. The van der Waals surface area contributed by atoms with Crippen LogP contribution in [0.4, 0.5) is 0 Å². The molecule has 2 aromatic rings. The number of aryl methyl sites for hydroxylation is 2. The third-order valence-corrected chi connectivity index (χ3v) is 7.69. The lowest BCUT2D eigenvalue weighted by molar-refractivity contribution is -0.163. The lowest BCUT2D eigenvalue weighted by Gasteiger charge is -2.45. The summed E-state index contributed by atoms with van der Waals surface area (Å²) in [5.74, 6) is -4.52. The van der Waals surface area contributed by atoms with Gasteiger partial charge < -0.3 is 14.6 Å². The first-order valence-electron chi connectivity index (χ1n) is 12.2. The molecule has 4 atom stereocenters. The highest BCUT2D eigenvalue weighted by Crippen LogP contribution is 2.47. The van der Waals surface area contributed by atoms with E-state index < -0.39 is 45.3 Å². The van der Waals surface area contributed by atoms with E-state index in [0.29, 0.717) is 5.56 Å². The van der Waals surface area contributed by atoms with Crippen molar-refractivity contribution in [3.63, 3.8) is 0 Å². The maximum atomic E-state index is 13.3. The minimum atomic E-state index is -4.06. The second-order valence-corrected chi connectivity index (χ2v) is 11.1. The van der Waals surface area contributed by atoms with Crippen molar-refractivity contribution in [2.75, 3.05) is 13.2 Å². The number of hydrogen-bond donors (Lipinski definition) is 2. The number of nitrogens with one attached hydrogen (secondary N) is 1. The zero-order valence-corrected chi connectivity index (χ0v) is 22.5. The van der Waals surface area contributed by atoms with Crippen molar-refractivity contribution in [2.24, 2.45) is 16.9 Å². The average Bonchev–Trinajstić information content (AvgIpc) is 2.83. The van der Waals surface area contributed by atoms with Gasteiger partial charge >= 0.3 is 11.9 Å². The monoisotopic (exact) mass is 530 g/mol. The van der Waals surface area contributed by atoms with E-state index in [1.807, 2.05) is 26.0 Å². The summed E-state index contributed by atoms with van der Waals surface area (Å²) in [4.78, 5) is 28.7. The molecule has 3 rings (SSSR count). The highest BCUT2D eigenvalue weighted by Gasteiger charge is 2.56. The van der Waals surface area contributed by atoms with Crippen molar-refractivity contribution < 1.29 is 32.6 Å². The van der Waals surface area contributed by atoms with Crippen LogP contribution in [0.3, 0.4) is 0 Å². The number of nitrogens with zero attached hydrogens (tertiary/aromatic N) is 1. The lowest BCUT2D eigenvalue weighted by Crippen LogP contribution is -2.55. The maximum absolute atomic E-state index is 13.3. The molecule has 9 nitrogen and oxygen atoms in total. The largest absolute Gasteiger partial charge is 0.466 e. The van der Waals surface area contributed by atoms with Crippen molar-refractivity contribution in [1.82, 2.24) is 4.83 Å². The number of esters is 2. The van der Waals surface area contributed by atoms with Gasteiger partial charge in [-0.15, -0.1) is 0 Å². The van der Waals surface area contributed by atoms with Gasteiger partial charge in [-0.1, -0.05) is 47.5 Å². The van der Waals surface area contributed by atoms with Gasteiger partial charge in [-0.2, -0.15) is 13.5 Å². The summed E-state index contributed by atoms with van der Waals surface area (Å²) in [5, 5.41) is 15.6. The molecule has 0 saturated heterocycles. The number of sulfonamides is 1. The van der Waals surface area contributed by atoms with Gasteiger partial charge in [0.25, 0.3) is 10.0 Å². The van der Waals surface area contributed by atoms with E-state index in [0.717, 1.165) is 11.1 Å². The van der Waals surface area contributed by atoms with Crippen molar-refractivity contribution in [1.29, 1.82) is 0 Å². The van der Waals surface area contributed by atoms with E-state index in [1.54, 1.807) is 38.1 Å². The molecule has 1 aliphatic carbocycles. The van der Waals surface area contributed by atoms with Crippen LogP contribution in [0, 0.1) is 25.7 Å². The number of carbonyl (C=O) groups excluding carboxylic acids is 2. The van der Waals surface area contributed by atoms with E-state index in [4.69, 9.17) is 9.47 Å². The van der Waals surface area contributed by atoms with Crippen LogP contribution in [0.2, 0.25) is 0 Å². The Morgan fingerprint density at radius 2 is 1.49 bits per heavy atom. The fraction of sp³-hybridized carbons (Fsp3) is 0.444. The van der Waals surface area contributed by atoms with Crippen molar-refractivity contribution in [3.05, 3.63) is 65.2 Å². The van der Waals surface area contributed by atoms with Gasteiger partial charge in [0.05, 0.1) is 35.3 Å². The number of aliphatic hydroxyl groups is 1. The lowest BCUT2D eigenvalue weighted by atomic mass is 9.61. The molecule has 0 unspecified atom stereocenters. The van der Waals surface area contributed by atoms with Crippen LogP contribution in [-0.4, -0.2) is 50.0 Å². The molecule has 0 spiro atoms. The minimum Gasteiger partial charge on any atom is -0.466 e. The standard InChI is InChI=1S/C27H34N2O7S/c1-6-35-25(30)23-21(28-29-37(33,34)20-14-10-18(4)11-15-20)16-27(5,32)24(26(31)36-7-2)22(23)19-12-8-17(3)9-13-19/h8-15,22-24,29,32H,6-7,16H2,1-5H3/b28-21-/t22-,23+,24-,27+/m1/s1. The fourth-order valence-corrected chi connectivity index (χ4v) is 5.53. The van der Waals surface area contributed by atoms with Gasteiger partial charge in [-0.3, -0.25) is 9.59 Å². The van der Waals surface area contributed by atoms with Gasteiger partial charge in [0.2, 0.25) is 0 Å². The average molecular weight is 531 g/mol. The Morgan fingerprint density at radius 1 is 0.973 bits per heavy atom. The number of rotatable bonds is 8. The van der Waals surface area contributed by atoms with E-state index in [9.17, 15) is 23.1 Å². The van der Waals surface area contributed by atoms with Crippen LogP contribution < -0.4 is 4.83 Å². The van der Waals surface area contributed by atoms with Crippen LogP contribution in [0.25, 0.3) is 0 Å². The predicted octanol–water partition coefficient (Wildman–Crippen LogP) is 3.23. The second kappa shape index (κ2) is 11.4. The number of benzene rings is 2. The van der Waals surface area contributed by atoms with E-state index in [2.05, 4.69) is 9.93 Å². The topological polar surface area (TPSA) is 131 Å². The van der Waals surface area contributed by atoms with Crippen LogP contribution in [0.15, 0.2) is 58.5 Å². The molecule has 0 heterocycles. The molecule has 0 bridgehead atoms. The molecule has 37 heavy (non-hydrogen) atoms. The summed E-state index contributed by atoms with van der Waals surface area (Å²) in [6, 6.07) is 13.4. The third-order valence-electron chi connectivity index (χ3n) is 6.47. The Balaban J connectivity index is 2.15. The highest BCUT2D eigenvalue weighted by molar-refractivity contribution is 7.89. The molecular weight excluding hydrogens is 496 g/mol. The van der Waals surface area contributed by atoms with Gasteiger partial charge in [0.1, 0.15) is 5.92 Å². The molecule has 0 radical (unpaired) electrons. The normalized spacial score (nSPS) is 24.9. The predicted molar refractivity (Wildman–Crippen MR) is 138 cm³/mol. The Hall–Kier alpha value is -3.24. The van der Waals surface area contributed by atoms with Gasteiger partial charge in [0.15, 0.2) is 0 Å². The molecule has 1 fully saturated rings. The zero-order chi connectivity index (χ0) is 27.4. The van der Waals surface area contributed by atoms with Crippen LogP contribution in [-0.2, 0) is 29.1 Å². The molecule has 0 amide bonds. The van der Waals surface area contributed by atoms with E-state index in [1.165, 1.54) is 19.1 Å². The quantitative estimate of drug-likeness (QED) is 0.396. The SMILES string of the molecule is CCOC(=O)[C@H]1/C(=N\NS(=O)(=O)c2ccc(C)cc2)C[C@](C)(O)[C@@H](C(=O)OCC)[C@@H]1c1ccc(C)cc1. The molecule has 10 heteroatoms. The first-order chi connectivity index (χ1) is 17.4. The van der Waals surface area contributed by atoms with Crippen molar-refractivity contribution >= 4 is 27.7 Å². The first kappa shape index (κ1) is 28.3. The van der Waals surface area contributed by atoms with Gasteiger partial charge in [-0.25, -0.2) is 4.83 Å². The Kier molecular flexibility index (Phi) is 8.76. The molecule has 1 aliphatic rings. The minimum absolute atomic E-state index is 0.00260. The van der Waals surface area contributed by atoms with Crippen LogP contribution >= 0.6 is 0 Å². The molecule has 200 valence electrons. The Labute approximate surface area is 217 Å². The Bertz CT molecular complexity index is 1250. The zero-order valence-electron chi connectivity index (χ0n) is 21.7. The van der Waals surface area contributed by atoms with Crippen LogP contribution in [0.5, 0.6) is 0 Å². The fourth-order valence-electron chi connectivity index (χ4n) is 4.69. The van der Waals surface area contributed by atoms with Crippen LogP contribution in [0.1, 0.15) is 49.8 Å². The number of carbonyl (C=O) groups is 2. The maximum Gasteiger partial charge on any atom is 0.315 e. The molecular formula is C27H34N2O7S. The molecule has 0 aliphatic heterocycles. The molecule has 0 aromatic heterocycles. The number of ether oxygens (including phenoxy) is 2. The summed E-state index contributed by atoms with van der Waals surface area (Å²) in [6.07, 6.45) is -0.251. The first-order valence-corrected chi connectivity index (χ1v) is 13.7. The molecule has 1 saturated carbocycles. The van der Waals surface area contributed by atoms with Gasteiger partial charge in [-0.05, 0) is 52.3 Å². The van der Waals surface area contributed by atoms with Crippen molar-refractivity contribution in [2.45, 2.75) is 57.5 Å². The summed E-state index contributed by atoms with van der Waals surface area (Å²) in [5.41, 5.74) is 0.813. The van der Waals surface area contributed by atoms with Crippen molar-refractivity contribution in [3.8, 4) is 0 Å². The highest BCUT2D eigenvalue weighted by atomic mass is 32.2. The summed E-state index contributed by atoms with van der Waals surface area (Å²) in [7, 11) is -4.06. The smallest absolute Gasteiger partial charge is 0.315 e. The third kappa shape index (κ3) is 6.37. The van der Waals surface area contributed by atoms with Gasteiger partial charge in [0, 0.05) is 12.3 Å². The Morgan fingerprint density at radius 3 is 2.03 bits per heavy atom.